The standard InChI is InChI=1S/C28H49NO/c1-6-7-8-9-10-11-12-13-14-15-16-17-18-19-20-21-22-27-23(2)25(4)28(29-30)26(5)24(27)3/h6-22H2,1-5H3. The molecule has 2 nitrogen and oxygen atoms in total. The molecule has 0 aliphatic carbocycles. The second kappa shape index (κ2) is 16.5. The fourth-order valence-corrected chi connectivity index (χ4v) is 4.73. The summed E-state index contributed by atoms with van der Waals surface area (Å²) < 4.78 is 0. The van der Waals surface area contributed by atoms with Crippen LogP contribution in [0.2, 0.25) is 0 Å². The van der Waals surface area contributed by atoms with Gasteiger partial charge >= 0.3 is 0 Å². The van der Waals surface area contributed by atoms with Gasteiger partial charge in [-0.05, 0) is 73.5 Å². The van der Waals surface area contributed by atoms with Crippen LogP contribution in [0.25, 0.3) is 0 Å². The van der Waals surface area contributed by atoms with Crippen LogP contribution in [-0.4, -0.2) is 0 Å². The molecule has 0 bridgehead atoms. The molecule has 30 heavy (non-hydrogen) atoms. The smallest absolute Gasteiger partial charge is 0.114 e. The van der Waals surface area contributed by atoms with Gasteiger partial charge in [0.25, 0.3) is 0 Å². The van der Waals surface area contributed by atoms with E-state index in [1.807, 2.05) is 13.8 Å². The summed E-state index contributed by atoms with van der Waals surface area (Å²) in [5.41, 5.74) is 6.78. The molecule has 1 aromatic carbocycles. The summed E-state index contributed by atoms with van der Waals surface area (Å²) in [4.78, 5) is 11.1. The molecule has 0 unspecified atom stereocenters. The molecule has 0 atom stereocenters. The minimum atomic E-state index is 0.653. The van der Waals surface area contributed by atoms with Crippen LogP contribution in [0, 0.1) is 32.6 Å². The Kier molecular flexibility index (Phi) is 14.8. The van der Waals surface area contributed by atoms with E-state index in [0.717, 1.165) is 17.5 Å². The molecule has 0 aliphatic rings. The Morgan fingerprint density at radius 1 is 0.500 bits per heavy atom. The fourth-order valence-electron chi connectivity index (χ4n) is 4.73. The Bertz CT molecular complexity index is 576. The van der Waals surface area contributed by atoms with E-state index >= 15 is 0 Å². The highest BCUT2D eigenvalue weighted by Crippen LogP contribution is 2.33. The van der Waals surface area contributed by atoms with Gasteiger partial charge in [-0.2, -0.15) is 0 Å². The Morgan fingerprint density at radius 2 is 0.833 bits per heavy atom. The molecule has 0 fully saturated rings. The van der Waals surface area contributed by atoms with Crippen LogP contribution in [0.15, 0.2) is 5.18 Å². The number of benzene rings is 1. The maximum Gasteiger partial charge on any atom is 0.114 e. The lowest BCUT2D eigenvalue weighted by molar-refractivity contribution is 0.529. The zero-order valence-electron chi connectivity index (χ0n) is 20.9. The second-order valence-corrected chi connectivity index (χ2v) is 9.47. The van der Waals surface area contributed by atoms with Crippen molar-refractivity contribution in [3.05, 3.63) is 32.7 Å². The van der Waals surface area contributed by atoms with Gasteiger partial charge in [-0.15, -0.1) is 4.91 Å². The van der Waals surface area contributed by atoms with Crippen molar-refractivity contribution in [2.24, 2.45) is 5.18 Å². The molecule has 0 heterocycles. The molecular formula is C28H49NO. The van der Waals surface area contributed by atoms with E-state index in [-0.39, 0.29) is 0 Å². The highest BCUT2D eigenvalue weighted by atomic mass is 16.3. The van der Waals surface area contributed by atoms with Gasteiger partial charge in [0, 0.05) is 0 Å². The van der Waals surface area contributed by atoms with E-state index < -0.39 is 0 Å². The van der Waals surface area contributed by atoms with Crippen LogP contribution in [0.3, 0.4) is 0 Å². The first-order valence-electron chi connectivity index (χ1n) is 13.0. The van der Waals surface area contributed by atoms with Crippen LogP contribution in [0.4, 0.5) is 5.69 Å². The molecule has 1 aromatic rings. The monoisotopic (exact) mass is 415 g/mol. The zero-order valence-corrected chi connectivity index (χ0v) is 20.9. The van der Waals surface area contributed by atoms with Crippen LogP contribution in [-0.2, 0) is 6.42 Å². The number of nitrogens with zero attached hydrogens (tertiary/aromatic N) is 1. The first-order chi connectivity index (χ1) is 14.5. The van der Waals surface area contributed by atoms with Crippen LogP contribution >= 0.6 is 0 Å². The van der Waals surface area contributed by atoms with Crippen molar-refractivity contribution in [2.75, 3.05) is 0 Å². The summed E-state index contributed by atoms with van der Waals surface area (Å²) >= 11 is 0. The second-order valence-electron chi connectivity index (χ2n) is 9.47. The lowest BCUT2D eigenvalue weighted by Gasteiger charge is -2.17. The summed E-state index contributed by atoms with van der Waals surface area (Å²) in [7, 11) is 0. The molecule has 0 saturated heterocycles. The lowest BCUT2D eigenvalue weighted by Crippen LogP contribution is -2.00. The van der Waals surface area contributed by atoms with Crippen molar-refractivity contribution in [3.63, 3.8) is 0 Å². The third-order valence-electron chi connectivity index (χ3n) is 7.11. The van der Waals surface area contributed by atoms with Crippen molar-refractivity contribution in [2.45, 2.75) is 144 Å². The van der Waals surface area contributed by atoms with Crippen molar-refractivity contribution in [3.8, 4) is 0 Å². The molecule has 0 amide bonds. The molecule has 0 radical (unpaired) electrons. The Hall–Kier alpha value is -1.18. The molecular weight excluding hydrogens is 366 g/mol. The van der Waals surface area contributed by atoms with E-state index in [0.29, 0.717) is 5.69 Å². The van der Waals surface area contributed by atoms with E-state index in [9.17, 15) is 4.91 Å². The van der Waals surface area contributed by atoms with Gasteiger partial charge in [0.15, 0.2) is 0 Å². The first kappa shape index (κ1) is 26.9. The largest absolute Gasteiger partial charge is 0.145 e. The zero-order chi connectivity index (χ0) is 22.2. The maximum atomic E-state index is 11.1. The summed E-state index contributed by atoms with van der Waals surface area (Å²) in [6, 6.07) is 0. The predicted molar refractivity (Wildman–Crippen MR) is 134 cm³/mol. The Labute approximate surface area is 187 Å². The quantitative estimate of drug-likeness (QED) is 0.173. The van der Waals surface area contributed by atoms with Gasteiger partial charge in [-0.1, -0.05) is 103 Å². The third-order valence-corrected chi connectivity index (χ3v) is 7.11. The fraction of sp³-hybridized carbons (Fsp3) is 0.786. The van der Waals surface area contributed by atoms with E-state index in [1.54, 1.807) is 0 Å². The first-order valence-corrected chi connectivity index (χ1v) is 13.0. The van der Waals surface area contributed by atoms with E-state index in [1.165, 1.54) is 119 Å². The van der Waals surface area contributed by atoms with Crippen LogP contribution < -0.4 is 0 Å². The topological polar surface area (TPSA) is 29.4 Å². The molecule has 0 N–H and O–H groups in total. The van der Waals surface area contributed by atoms with Gasteiger partial charge < -0.3 is 0 Å². The summed E-state index contributed by atoms with van der Waals surface area (Å²) in [5, 5.41) is 3.26. The number of hydrogen-bond acceptors (Lipinski definition) is 2. The summed E-state index contributed by atoms with van der Waals surface area (Å²) in [5.74, 6) is 0. The molecule has 0 aromatic heterocycles. The van der Waals surface area contributed by atoms with Crippen molar-refractivity contribution in [1.29, 1.82) is 0 Å². The van der Waals surface area contributed by atoms with Crippen molar-refractivity contribution in [1.82, 2.24) is 0 Å². The average molecular weight is 416 g/mol. The van der Waals surface area contributed by atoms with E-state index in [4.69, 9.17) is 0 Å². The number of rotatable bonds is 18. The lowest BCUT2D eigenvalue weighted by atomic mass is 9.89. The van der Waals surface area contributed by atoms with Crippen LogP contribution in [0.5, 0.6) is 0 Å². The minimum Gasteiger partial charge on any atom is -0.145 e. The Morgan fingerprint density at radius 3 is 1.17 bits per heavy atom. The minimum absolute atomic E-state index is 0.653. The normalized spacial score (nSPS) is 11.2. The number of unbranched alkanes of at least 4 members (excludes halogenated alkanes) is 15. The Balaban J connectivity index is 2.04. The van der Waals surface area contributed by atoms with Gasteiger partial charge in [-0.25, -0.2) is 0 Å². The SMILES string of the molecule is CCCCCCCCCCCCCCCCCCc1c(C)c(C)c(N=O)c(C)c1C. The van der Waals surface area contributed by atoms with Gasteiger partial charge in [0.1, 0.15) is 5.69 Å². The highest BCUT2D eigenvalue weighted by Gasteiger charge is 2.14. The van der Waals surface area contributed by atoms with Crippen LogP contribution in [0.1, 0.15) is 137 Å². The molecule has 0 saturated carbocycles. The van der Waals surface area contributed by atoms with Gasteiger partial charge in [0.05, 0.1) is 0 Å². The molecule has 1 rings (SSSR count). The predicted octanol–water partition coefficient (Wildman–Crippen LogP) is 10.1. The van der Waals surface area contributed by atoms with Crippen molar-refractivity contribution >= 4 is 5.69 Å². The van der Waals surface area contributed by atoms with Gasteiger partial charge in [0.2, 0.25) is 0 Å². The molecule has 0 aliphatic heterocycles. The number of hydrogen-bond donors (Lipinski definition) is 0. The average Bonchev–Trinajstić information content (AvgIpc) is 2.74. The molecule has 0 spiro atoms. The van der Waals surface area contributed by atoms with E-state index in [2.05, 4.69) is 25.9 Å². The van der Waals surface area contributed by atoms with Gasteiger partial charge in [-0.3, -0.25) is 0 Å². The summed E-state index contributed by atoms with van der Waals surface area (Å²) in [6.45, 7) is 10.7. The molecule has 2 heteroatoms. The maximum absolute atomic E-state index is 11.1. The highest BCUT2D eigenvalue weighted by molar-refractivity contribution is 5.61. The summed E-state index contributed by atoms with van der Waals surface area (Å²) in [6.07, 6.45) is 23.7. The molecule has 172 valence electrons. The third kappa shape index (κ3) is 9.75. The van der Waals surface area contributed by atoms with Crippen molar-refractivity contribution < 1.29 is 0 Å². The number of nitroso groups, excluding NO2 is 1.